The van der Waals surface area contributed by atoms with Crippen LogP contribution < -0.4 is 21.7 Å². The normalized spacial score (nSPS) is 23.1. The summed E-state index contributed by atoms with van der Waals surface area (Å²) in [6, 6.07) is -4.15. The Kier molecular flexibility index (Phi) is 10.5. The lowest BCUT2D eigenvalue weighted by Crippen LogP contribution is -2.61. The first-order chi connectivity index (χ1) is 18.8. The van der Waals surface area contributed by atoms with Crippen molar-refractivity contribution in [1.29, 1.82) is 0 Å². The lowest BCUT2D eigenvalue weighted by molar-refractivity contribution is -0.143. The third-order valence-electron chi connectivity index (χ3n) is 8.54. The SMILES string of the molecule is CC(C)(C)[C@H](NC(=O)O)C(=O)N1CC(=O)C[C@H]1C(=O)N[C@H](C(=O)N[C@H](C(N)=O)C1CCCCC1)C1CCCCC1. The van der Waals surface area contributed by atoms with Gasteiger partial charge in [0.05, 0.1) is 6.54 Å². The standard InChI is InChI=1S/C28H45N5O7/c1-28(2,3)22(32-27(39)40)26(38)33-15-18(34)14-19(33)24(36)31-21(17-12-8-5-9-13-17)25(37)30-20(23(29)35)16-10-6-4-7-11-16/h16-17,19-22,32H,4-15H2,1-3H3,(H2,29,35)(H,30,37)(H,31,36)(H,39,40)/t19-,20-,21-,22+/m0/s1. The van der Waals surface area contributed by atoms with Gasteiger partial charge in [-0.2, -0.15) is 0 Å². The molecule has 3 rings (SSSR count). The first-order valence-electron chi connectivity index (χ1n) is 14.5. The summed E-state index contributed by atoms with van der Waals surface area (Å²) in [5, 5.41) is 17.2. The monoisotopic (exact) mass is 563 g/mol. The van der Waals surface area contributed by atoms with Gasteiger partial charge in [-0.1, -0.05) is 59.3 Å². The quantitative estimate of drug-likeness (QED) is 0.281. The fourth-order valence-corrected chi connectivity index (χ4v) is 6.34. The van der Waals surface area contributed by atoms with E-state index in [9.17, 15) is 33.9 Å². The van der Waals surface area contributed by atoms with E-state index in [1.807, 2.05) is 0 Å². The predicted octanol–water partition coefficient (Wildman–Crippen LogP) is 1.45. The molecule has 0 bridgehead atoms. The number of nitrogens with one attached hydrogen (secondary N) is 3. The molecule has 12 nitrogen and oxygen atoms in total. The summed E-state index contributed by atoms with van der Waals surface area (Å²) in [6.07, 6.45) is 7.18. The maximum absolute atomic E-state index is 13.6. The van der Waals surface area contributed by atoms with Crippen LogP contribution in [-0.2, 0) is 24.0 Å². The third kappa shape index (κ3) is 7.94. The molecule has 224 valence electrons. The summed E-state index contributed by atoms with van der Waals surface area (Å²) < 4.78 is 0. The number of carboxylic acid groups (broad SMARTS) is 1. The number of amides is 5. The molecule has 2 aliphatic carbocycles. The summed E-state index contributed by atoms with van der Waals surface area (Å²) in [6.45, 7) is 4.73. The number of ketones is 1. The second-order valence-corrected chi connectivity index (χ2v) is 12.6. The molecule has 3 aliphatic rings. The minimum Gasteiger partial charge on any atom is -0.465 e. The minimum atomic E-state index is -1.39. The van der Waals surface area contributed by atoms with Crippen LogP contribution in [0.2, 0.25) is 0 Å². The van der Waals surface area contributed by atoms with E-state index in [4.69, 9.17) is 5.73 Å². The summed E-state index contributed by atoms with van der Waals surface area (Å²) in [5.74, 6) is -2.99. The van der Waals surface area contributed by atoms with Crippen LogP contribution in [0, 0.1) is 17.3 Å². The molecule has 12 heteroatoms. The third-order valence-corrected chi connectivity index (χ3v) is 8.54. The van der Waals surface area contributed by atoms with Crippen molar-refractivity contribution in [2.45, 2.75) is 116 Å². The molecule has 0 aromatic carbocycles. The number of nitrogens with two attached hydrogens (primary N) is 1. The first kappa shape index (κ1) is 31.3. The highest BCUT2D eigenvalue weighted by molar-refractivity contribution is 6.02. The summed E-state index contributed by atoms with van der Waals surface area (Å²) >= 11 is 0. The molecule has 40 heavy (non-hydrogen) atoms. The second kappa shape index (κ2) is 13.5. The van der Waals surface area contributed by atoms with E-state index < -0.39 is 59.3 Å². The Bertz CT molecular complexity index is 982. The Labute approximate surface area is 235 Å². The second-order valence-electron chi connectivity index (χ2n) is 12.6. The maximum atomic E-state index is 13.6. The Morgan fingerprint density at radius 1 is 0.850 bits per heavy atom. The largest absolute Gasteiger partial charge is 0.465 e. The van der Waals surface area contributed by atoms with Crippen molar-refractivity contribution in [3.63, 3.8) is 0 Å². The van der Waals surface area contributed by atoms with Crippen LogP contribution in [0.15, 0.2) is 0 Å². The molecule has 0 radical (unpaired) electrons. The fraction of sp³-hybridized carbons (Fsp3) is 0.786. The molecule has 0 unspecified atom stereocenters. The predicted molar refractivity (Wildman–Crippen MR) is 146 cm³/mol. The van der Waals surface area contributed by atoms with E-state index in [2.05, 4.69) is 16.0 Å². The highest BCUT2D eigenvalue weighted by atomic mass is 16.4. The zero-order valence-corrected chi connectivity index (χ0v) is 23.9. The van der Waals surface area contributed by atoms with Crippen LogP contribution in [-0.4, -0.2) is 76.2 Å². The molecule has 5 amide bonds. The van der Waals surface area contributed by atoms with Gasteiger partial charge < -0.3 is 31.7 Å². The van der Waals surface area contributed by atoms with Crippen molar-refractivity contribution in [1.82, 2.24) is 20.9 Å². The number of likely N-dealkylation sites (tertiary alicyclic amines) is 1. The number of primary amides is 1. The fourth-order valence-electron chi connectivity index (χ4n) is 6.34. The Hall–Kier alpha value is -3.18. The average molecular weight is 564 g/mol. The van der Waals surface area contributed by atoms with Crippen molar-refractivity contribution >= 4 is 35.5 Å². The van der Waals surface area contributed by atoms with Gasteiger partial charge in [-0.05, 0) is 42.9 Å². The van der Waals surface area contributed by atoms with E-state index in [1.165, 1.54) is 0 Å². The van der Waals surface area contributed by atoms with Gasteiger partial charge in [0.2, 0.25) is 23.6 Å². The van der Waals surface area contributed by atoms with E-state index in [0.717, 1.165) is 56.3 Å². The van der Waals surface area contributed by atoms with Crippen LogP contribution in [0.1, 0.15) is 91.4 Å². The van der Waals surface area contributed by atoms with Gasteiger partial charge in [0, 0.05) is 6.42 Å². The van der Waals surface area contributed by atoms with Gasteiger partial charge >= 0.3 is 6.09 Å². The molecule has 0 aromatic rings. The van der Waals surface area contributed by atoms with Crippen molar-refractivity contribution in [2.75, 3.05) is 6.54 Å². The van der Waals surface area contributed by atoms with Crippen molar-refractivity contribution in [3.8, 4) is 0 Å². The van der Waals surface area contributed by atoms with E-state index >= 15 is 0 Å². The van der Waals surface area contributed by atoms with Gasteiger partial charge in [-0.15, -0.1) is 0 Å². The number of rotatable bonds is 9. The number of hydrogen-bond donors (Lipinski definition) is 5. The number of nitrogens with zero attached hydrogens (tertiary/aromatic N) is 1. The summed E-state index contributed by atoms with van der Waals surface area (Å²) in [5.41, 5.74) is 4.87. The Balaban J connectivity index is 1.81. The zero-order chi connectivity index (χ0) is 29.6. The highest BCUT2D eigenvalue weighted by Gasteiger charge is 2.46. The summed E-state index contributed by atoms with van der Waals surface area (Å²) in [4.78, 5) is 78.0. The molecular formula is C28H45N5O7. The van der Waals surface area contributed by atoms with Gasteiger partial charge in [0.15, 0.2) is 5.78 Å². The van der Waals surface area contributed by atoms with Crippen LogP contribution in [0.4, 0.5) is 4.79 Å². The highest BCUT2D eigenvalue weighted by Crippen LogP contribution is 2.30. The lowest BCUT2D eigenvalue weighted by atomic mass is 9.81. The van der Waals surface area contributed by atoms with Gasteiger partial charge in [0.1, 0.15) is 24.2 Å². The number of carbonyl (C=O) groups is 6. The van der Waals surface area contributed by atoms with Crippen LogP contribution >= 0.6 is 0 Å². The smallest absolute Gasteiger partial charge is 0.405 e. The van der Waals surface area contributed by atoms with E-state index in [0.29, 0.717) is 12.8 Å². The molecule has 4 atom stereocenters. The first-order valence-corrected chi connectivity index (χ1v) is 14.5. The molecule has 6 N–H and O–H groups in total. The molecule has 0 spiro atoms. The lowest BCUT2D eigenvalue weighted by Gasteiger charge is -2.36. The van der Waals surface area contributed by atoms with Crippen LogP contribution in [0.25, 0.3) is 0 Å². The molecule has 3 fully saturated rings. The van der Waals surface area contributed by atoms with E-state index in [-0.39, 0.29) is 30.6 Å². The topological polar surface area (TPSA) is 188 Å². The number of hydrogen-bond acceptors (Lipinski definition) is 6. The minimum absolute atomic E-state index is 0.0606. The molecule has 0 aromatic heterocycles. The molecule has 1 saturated heterocycles. The van der Waals surface area contributed by atoms with Gasteiger partial charge in [0.25, 0.3) is 0 Å². The van der Waals surface area contributed by atoms with Crippen LogP contribution in [0.5, 0.6) is 0 Å². The maximum Gasteiger partial charge on any atom is 0.405 e. The number of carbonyl (C=O) groups excluding carboxylic acids is 5. The summed E-state index contributed by atoms with van der Waals surface area (Å²) in [7, 11) is 0. The van der Waals surface area contributed by atoms with Crippen molar-refractivity contribution in [3.05, 3.63) is 0 Å². The van der Waals surface area contributed by atoms with E-state index in [1.54, 1.807) is 20.8 Å². The average Bonchev–Trinajstić information content (AvgIpc) is 3.30. The van der Waals surface area contributed by atoms with Gasteiger partial charge in [-0.3, -0.25) is 24.0 Å². The Morgan fingerprint density at radius 2 is 1.38 bits per heavy atom. The molecule has 1 heterocycles. The van der Waals surface area contributed by atoms with Gasteiger partial charge in [-0.25, -0.2) is 4.79 Å². The number of Topliss-reactive ketones (excluding diaryl/α,β-unsaturated/α-hetero) is 1. The van der Waals surface area contributed by atoms with Crippen molar-refractivity contribution < 1.29 is 33.9 Å². The molecular weight excluding hydrogens is 518 g/mol. The molecule has 2 saturated carbocycles. The van der Waals surface area contributed by atoms with Crippen LogP contribution in [0.3, 0.4) is 0 Å². The zero-order valence-electron chi connectivity index (χ0n) is 23.9. The van der Waals surface area contributed by atoms with Crippen molar-refractivity contribution in [2.24, 2.45) is 23.0 Å². The molecule has 1 aliphatic heterocycles. The Morgan fingerprint density at radius 3 is 1.85 bits per heavy atom.